The Kier molecular flexibility index (Phi) is 2.05. The molecule has 0 aromatic carbocycles. The molecule has 2 atom stereocenters. The normalized spacial score (nSPS) is 23.6. The quantitative estimate of drug-likeness (QED) is 0.783. The van der Waals surface area contributed by atoms with Crippen LogP contribution in [-0.4, -0.2) is 19.9 Å². The number of hydrogen-bond donors (Lipinski definition) is 0. The Morgan fingerprint density at radius 2 is 2.38 bits per heavy atom. The van der Waals surface area contributed by atoms with Crippen molar-refractivity contribution in [1.29, 1.82) is 0 Å². The second-order valence-electron chi connectivity index (χ2n) is 4.49. The third-order valence-corrected chi connectivity index (χ3v) is 3.17. The van der Waals surface area contributed by atoms with Gasteiger partial charge in [-0.15, -0.1) is 0 Å². The van der Waals surface area contributed by atoms with Crippen LogP contribution < -0.4 is 0 Å². The predicted molar refractivity (Wildman–Crippen MR) is 56.8 cm³/mol. The molecule has 1 fully saturated rings. The molecule has 16 heavy (non-hydrogen) atoms. The molecule has 0 amide bonds. The number of nitrogens with zero attached hydrogens (tertiary/aromatic N) is 4. The maximum absolute atomic E-state index is 5.26. The van der Waals surface area contributed by atoms with Gasteiger partial charge in [-0.05, 0) is 18.4 Å². The van der Waals surface area contributed by atoms with Crippen LogP contribution in [0.4, 0.5) is 0 Å². The first kappa shape index (κ1) is 9.57. The third kappa shape index (κ3) is 1.62. The Labute approximate surface area is 93.5 Å². The van der Waals surface area contributed by atoms with Crippen LogP contribution in [-0.2, 0) is 13.5 Å². The van der Waals surface area contributed by atoms with Gasteiger partial charge in [-0.2, -0.15) is 10.1 Å². The van der Waals surface area contributed by atoms with Gasteiger partial charge in [0.1, 0.15) is 0 Å². The number of aryl methyl sites for hydroxylation is 1. The van der Waals surface area contributed by atoms with E-state index in [9.17, 15) is 0 Å². The smallest absolute Gasteiger partial charge is 0.230 e. The molecule has 84 valence electrons. The summed E-state index contributed by atoms with van der Waals surface area (Å²) in [7, 11) is 1.92. The molecule has 3 rings (SSSR count). The fourth-order valence-electron chi connectivity index (χ4n) is 1.89. The summed E-state index contributed by atoms with van der Waals surface area (Å²) in [5, 5.41) is 8.11. The van der Waals surface area contributed by atoms with Crippen molar-refractivity contribution in [1.82, 2.24) is 19.9 Å². The molecule has 2 aromatic rings. The van der Waals surface area contributed by atoms with Crippen molar-refractivity contribution in [3.05, 3.63) is 29.7 Å². The van der Waals surface area contributed by atoms with Crippen LogP contribution in [0.2, 0.25) is 0 Å². The second-order valence-corrected chi connectivity index (χ2v) is 4.49. The summed E-state index contributed by atoms with van der Waals surface area (Å²) in [5.41, 5.74) is 1.09. The molecule has 0 unspecified atom stereocenters. The zero-order chi connectivity index (χ0) is 11.1. The van der Waals surface area contributed by atoms with Crippen molar-refractivity contribution in [2.24, 2.45) is 13.0 Å². The van der Waals surface area contributed by atoms with Gasteiger partial charge in [-0.3, -0.25) is 4.68 Å². The Morgan fingerprint density at radius 3 is 3.00 bits per heavy atom. The van der Waals surface area contributed by atoms with E-state index in [1.54, 1.807) is 6.20 Å². The molecule has 0 N–H and O–H groups in total. The van der Waals surface area contributed by atoms with Crippen molar-refractivity contribution in [3.8, 4) is 0 Å². The van der Waals surface area contributed by atoms with E-state index in [4.69, 9.17) is 4.52 Å². The van der Waals surface area contributed by atoms with Crippen LogP contribution in [0, 0.1) is 5.92 Å². The van der Waals surface area contributed by atoms with E-state index in [1.807, 2.05) is 17.8 Å². The first-order chi connectivity index (χ1) is 7.74. The topological polar surface area (TPSA) is 56.7 Å². The predicted octanol–water partition coefficient (Wildman–Crippen LogP) is 1.52. The summed E-state index contributed by atoms with van der Waals surface area (Å²) < 4.78 is 7.09. The maximum atomic E-state index is 5.26. The Hall–Kier alpha value is -1.65. The molecule has 0 saturated heterocycles. The highest BCUT2D eigenvalue weighted by Gasteiger charge is 2.38. The van der Waals surface area contributed by atoms with Gasteiger partial charge in [-0.25, -0.2) is 0 Å². The highest BCUT2D eigenvalue weighted by atomic mass is 16.5. The molecule has 0 bridgehead atoms. The van der Waals surface area contributed by atoms with Gasteiger partial charge in [0, 0.05) is 24.9 Å². The van der Waals surface area contributed by atoms with Crippen molar-refractivity contribution < 1.29 is 4.52 Å². The Morgan fingerprint density at radius 1 is 1.56 bits per heavy atom. The summed E-state index contributed by atoms with van der Waals surface area (Å²) >= 11 is 0. The molecular formula is C11H14N4O. The highest BCUT2D eigenvalue weighted by molar-refractivity contribution is 5.10. The lowest BCUT2D eigenvalue weighted by Gasteiger charge is -1.95. The summed E-state index contributed by atoms with van der Waals surface area (Å²) in [5.74, 6) is 2.74. The van der Waals surface area contributed by atoms with E-state index in [1.165, 1.54) is 6.42 Å². The number of hydrogen-bond acceptors (Lipinski definition) is 4. The minimum atomic E-state index is 0.493. The van der Waals surface area contributed by atoms with Crippen LogP contribution in [0.25, 0.3) is 0 Å². The number of aromatic nitrogens is 4. The van der Waals surface area contributed by atoms with Gasteiger partial charge < -0.3 is 4.52 Å². The Balaban J connectivity index is 1.76. The molecule has 2 aromatic heterocycles. The van der Waals surface area contributed by atoms with Crippen LogP contribution in [0.15, 0.2) is 16.8 Å². The van der Waals surface area contributed by atoms with Crippen LogP contribution in [0.5, 0.6) is 0 Å². The first-order valence-corrected chi connectivity index (χ1v) is 5.53. The summed E-state index contributed by atoms with van der Waals surface area (Å²) in [6, 6.07) is 1.97. The second kappa shape index (κ2) is 3.43. The van der Waals surface area contributed by atoms with E-state index < -0.39 is 0 Å². The zero-order valence-corrected chi connectivity index (χ0v) is 9.42. The van der Waals surface area contributed by atoms with Crippen LogP contribution in [0.1, 0.15) is 36.7 Å². The van der Waals surface area contributed by atoms with Gasteiger partial charge in [0.15, 0.2) is 5.82 Å². The minimum Gasteiger partial charge on any atom is -0.339 e. The molecular weight excluding hydrogens is 204 g/mol. The van der Waals surface area contributed by atoms with E-state index in [2.05, 4.69) is 22.2 Å². The van der Waals surface area contributed by atoms with E-state index in [0.29, 0.717) is 18.3 Å². The molecule has 1 aliphatic carbocycles. The minimum absolute atomic E-state index is 0.493. The van der Waals surface area contributed by atoms with Gasteiger partial charge in [-0.1, -0.05) is 12.1 Å². The molecule has 0 radical (unpaired) electrons. The molecule has 0 spiro atoms. The molecule has 5 nitrogen and oxygen atoms in total. The van der Waals surface area contributed by atoms with Gasteiger partial charge in [0.2, 0.25) is 5.89 Å². The molecule has 1 aliphatic rings. The van der Waals surface area contributed by atoms with Crippen LogP contribution in [0.3, 0.4) is 0 Å². The average molecular weight is 218 g/mol. The molecule has 5 heteroatoms. The lowest BCUT2D eigenvalue weighted by atomic mass is 10.3. The molecule has 2 heterocycles. The van der Waals surface area contributed by atoms with Crippen LogP contribution >= 0.6 is 0 Å². The van der Waals surface area contributed by atoms with Crippen molar-refractivity contribution >= 4 is 0 Å². The van der Waals surface area contributed by atoms with E-state index >= 15 is 0 Å². The van der Waals surface area contributed by atoms with Gasteiger partial charge in [0.05, 0.1) is 6.42 Å². The Bertz CT molecular complexity index is 502. The van der Waals surface area contributed by atoms with Gasteiger partial charge in [0.25, 0.3) is 0 Å². The highest BCUT2D eigenvalue weighted by Crippen LogP contribution is 2.45. The van der Waals surface area contributed by atoms with Crippen molar-refractivity contribution in [3.63, 3.8) is 0 Å². The number of rotatable bonds is 3. The first-order valence-electron chi connectivity index (χ1n) is 5.53. The summed E-state index contributed by atoms with van der Waals surface area (Å²) in [4.78, 5) is 4.42. The van der Waals surface area contributed by atoms with Gasteiger partial charge >= 0.3 is 0 Å². The van der Waals surface area contributed by atoms with E-state index in [-0.39, 0.29) is 0 Å². The van der Waals surface area contributed by atoms with Crippen molar-refractivity contribution in [2.45, 2.75) is 25.7 Å². The zero-order valence-electron chi connectivity index (χ0n) is 9.42. The lowest BCUT2D eigenvalue weighted by molar-refractivity contribution is 0.371. The summed E-state index contributed by atoms with van der Waals surface area (Å²) in [6.07, 6.45) is 3.63. The SMILES string of the molecule is C[C@H]1C[C@H]1c1nc(Cc2ccnn2C)no1. The maximum Gasteiger partial charge on any atom is 0.230 e. The lowest BCUT2D eigenvalue weighted by Crippen LogP contribution is -2.00. The molecule has 1 saturated carbocycles. The fraction of sp³-hybridized carbons (Fsp3) is 0.545. The van der Waals surface area contributed by atoms with E-state index in [0.717, 1.165) is 17.4 Å². The molecule has 0 aliphatic heterocycles. The van der Waals surface area contributed by atoms with Crippen molar-refractivity contribution in [2.75, 3.05) is 0 Å². The largest absolute Gasteiger partial charge is 0.339 e. The average Bonchev–Trinajstić information content (AvgIpc) is 2.67. The standard InChI is InChI=1S/C11H14N4O/c1-7-5-9(7)11-13-10(14-16-11)6-8-3-4-12-15(8)2/h3-4,7,9H,5-6H2,1-2H3/t7-,9+/m0/s1. The fourth-order valence-corrected chi connectivity index (χ4v) is 1.89. The summed E-state index contributed by atoms with van der Waals surface area (Å²) in [6.45, 7) is 2.20. The monoisotopic (exact) mass is 218 g/mol. The third-order valence-electron chi connectivity index (χ3n) is 3.17.